The highest BCUT2D eigenvalue weighted by molar-refractivity contribution is 5.84. The van der Waals surface area contributed by atoms with Crippen LogP contribution in [0.3, 0.4) is 0 Å². The Morgan fingerprint density at radius 1 is 0.556 bits per heavy atom. The van der Waals surface area contributed by atoms with Crippen molar-refractivity contribution in [2.75, 3.05) is 0 Å². The molecule has 0 amide bonds. The fourth-order valence-electron chi connectivity index (χ4n) is 3.97. The summed E-state index contributed by atoms with van der Waals surface area (Å²) in [5.74, 6) is 0.628. The Balaban J connectivity index is 1.95. The average molecular weight is 250 g/mol. The molecule has 1 nitrogen and oxygen atoms in total. The Morgan fingerprint density at radius 3 is 1.50 bits per heavy atom. The molecule has 0 saturated heterocycles. The molecule has 2 rings (SSSR count). The van der Waals surface area contributed by atoms with E-state index in [1.54, 1.807) is 0 Å². The minimum Gasteiger partial charge on any atom is -0.299 e. The molecule has 2 saturated carbocycles. The molecule has 0 N–H and O–H groups in total. The molecule has 1 spiro atoms. The van der Waals surface area contributed by atoms with E-state index in [0.717, 1.165) is 12.8 Å². The Morgan fingerprint density at radius 2 is 0.944 bits per heavy atom. The normalized spacial score (nSPS) is 27.4. The van der Waals surface area contributed by atoms with Gasteiger partial charge in [0.25, 0.3) is 0 Å². The minimum absolute atomic E-state index is 0.122. The van der Waals surface area contributed by atoms with E-state index < -0.39 is 0 Å². The van der Waals surface area contributed by atoms with Gasteiger partial charge < -0.3 is 0 Å². The van der Waals surface area contributed by atoms with Crippen LogP contribution in [0.25, 0.3) is 0 Å². The fourth-order valence-corrected chi connectivity index (χ4v) is 3.97. The van der Waals surface area contributed by atoms with Gasteiger partial charge in [0.1, 0.15) is 5.78 Å². The SMILES string of the molecule is O=C1CCCCCCCCCCC12CCCCC2. The molecule has 0 aromatic rings. The van der Waals surface area contributed by atoms with Crippen molar-refractivity contribution in [3.05, 3.63) is 0 Å². The molecule has 0 bridgehead atoms. The minimum atomic E-state index is 0.122. The van der Waals surface area contributed by atoms with Gasteiger partial charge in [-0.25, -0.2) is 0 Å². The predicted octanol–water partition coefficient (Wildman–Crippen LogP) is 5.42. The van der Waals surface area contributed by atoms with E-state index in [1.165, 1.54) is 83.5 Å². The van der Waals surface area contributed by atoms with Crippen LogP contribution in [0.4, 0.5) is 0 Å². The van der Waals surface area contributed by atoms with Gasteiger partial charge in [0.05, 0.1) is 0 Å². The fraction of sp³-hybridized carbons (Fsp3) is 0.941. The number of hydrogen-bond acceptors (Lipinski definition) is 1. The Bertz CT molecular complexity index is 250. The summed E-state index contributed by atoms with van der Waals surface area (Å²) in [4.78, 5) is 12.6. The van der Waals surface area contributed by atoms with E-state index in [2.05, 4.69) is 0 Å². The zero-order valence-corrected chi connectivity index (χ0v) is 12.0. The van der Waals surface area contributed by atoms with Crippen LogP contribution < -0.4 is 0 Å². The molecule has 2 aliphatic rings. The third-order valence-corrected chi connectivity index (χ3v) is 5.21. The van der Waals surface area contributed by atoms with Crippen molar-refractivity contribution < 1.29 is 4.79 Å². The number of rotatable bonds is 0. The number of carbonyl (C=O) groups excluding carboxylic acids is 1. The molecule has 0 aromatic carbocycles. The van der Waals surface area contributed by atoms with Gasteiger partial charge >= 0.3 is 0 Å². The molecule has 104 valence electrons. The van der Waals surface area contributed by atoms with E-state index >= 15 is 0 Å². The van der Waals surface area contributed by atoms with Crippen LogP contribution in [-0.4, -0.2) is 5.78 Å². The average Bonchev–Trinajstić information content (AvgIpc) is 2.40. The highest BCUT2D eigenvalue weighted by Gasteiger charge is 2.37. The van der Waals surface area contributed by atoms with Crippen molar-refractivity contribution >= 4 is 5.78 Å². The highest BCUT2D eigenvalue weighted by Crippen LogP contribution is 2.42. The van der Waals surface area contributed by atoms with Crippen molar-refractivity contribution in [1.29, 1.82) is 0 Å². The summed E-state index contributed by atoms with van der Waals surface area (Å²) in [5.41, 5.74) is 0.122. The molecule has 0 aliphatic heterocycles. The van der Waals surface area contributed by atoms with E-state index in [9.17, 15) is 4.79 Å². The number of ketones is 1. The maximum Gasteiger partial charge on any atom is 0.139 e. The van der Waals surface area contributed by atoms with Crippen molar-refractivity contribution in [3.63, 3.8) is 0 Å². The zero-order valence-electron chi connectivity index (χ0n) is 12.0. The largest absolute Gasteiger partial charge is 0.299 e. The van der Waals surface area contributed by atoms with Gasteiger partial charge in [-0.05, 0) is 25.7 Å². The quantitative estimate of drug-likeness (QED) is 0.561. The first-order chi connectivity index (χ1) is 8.83. The molecule has 0 heterocycles. The summed E-state index contributed by atoms with van der Waals surface area (Å²) < 4.78 is 0. The maximum absolute atomic E-state index is 12.6. The molecular weight excluding hydrogens is 220 g/mol. The number of Topliss-reactive ketones (excluding diaryl/α,β-unsaturated/α-hetero) is 1. The molecule has 0 aromatic heterocycles. The van der Waals surface area contributed by atoms with E-state index in [-0.39, 0.29) is 5.41 Å². The Hall–Kier alpha value is -0.330. The first-order valence-electron chi connectivity index (χ1n) is 8.37. The van der Waals surface area contributed by atoms with Crippen LogP contribution in [0, 0.1) is 5.41 Å². The van der Waals surface area contributed by atoms with Crippen molar-refractivity contribution in [2.45, 2.75) is 96.3 Å². The van der Waals surface area contributed by atoms with Gasteiger partial charge in [-0.1, -0.05) is 64.2 Å². The lowest BCUT2D eigenvalue weighted by atomic mass is 9.67. The van der Waals surface area contributed by atoms with Crippen LogP contribution in [0.5, 0.6) is 0 Å². The first-order valence-corrected chi connectivity index (χ1v) is 8.37. The van der Waals surface area contributed by atoms with E-state index in [1.807, 2.05) is 0 Å². The summed E-state index contributed by atoms with van der Waals surface area (Å²) in [6.07, 6.45) is 19.1. The van der Waals surface area contributed by atoms with E-state index in [0.29, 0.717) is 5.78 Å². The van der Waals surface area contributed by atoms with E-state index in [4.69, 9.17) is 0 Å². The summed E-state index contributed by atoms with van der Waals surface area (Å²) >= 11 is 0. The van der Waals surface area contributed by atoms with Crippen molar-refractivity contribution in [2.24, 2.45) is 5.41 Å². The highest BCUT2D eigenvalue weighted by atomic mass is 16.1. The van der Waals surface area contributed by atoms with Crippen LogP contribution in [0.2, 0.25) is 0 Å². The molecule has 2 aliphatic carbocycles. The lowest BCUT2D eigenvalue weighted by Crippen LogP contribution is -2.33. The first kappa shape index (κ1) is 14.1. The smallest absolute Gasteiger partial charge is 0.139 e. The second-order valence-corrected chi connectivity index (χ2v) is 6.59. The summed E-state index contributed by atoms with van der Waals surface area (Å²) in [6, 6.07) is 0. The van der Waals surface area contributed by atoms with Gasteiger partial charge in [0.2, 0.25) is 0 Å². The standard InChI is InChI=1S/C17H30O/c18-16-12-8-5-3-1-2-4-6-9-13-17(16)14-10-7-11-15-17/h1-15H2. The van der Waals surface area contributed by atoms with Gasteiger partial charge in [-0.15, -0.1) is 0 Å². The van der Waals surface area contributed by atoms with Crippen LogP contribution in [0.1, 0.15) is 96.3 Å². The third kappa shape index (κ3) is 3.83. The molecular formula is C17H30O. The third-order valence-electron chi connectivity index (χ3n) is 5.21. The van der Waals surface area contributed by atoms with Gasteiger partial charge in [-0.3, -0.25) is 4.79 Å². The van der Waals surface area contributed by atoms with Crippen molar-refractivity contribution in [3.8, 4) is 0 Å². The summed E-state index contributed by atoms with van der Waals surface area (Å²) in [7, 11) is 0. The topological polar surface area (TPSA) is 17.1 Å². The second kappa shape index (κ2) is 7.31. The Kier molecular flexibility index (Phi) is 5.72. The molecule has 1 heteroatoms. The zero-order chi connectivity index (χ0) is 12.7. The molecule has 0 atom stereocenters. The number of hydrogen-bond donors (Lipinski definition) is 0. The maximum atomic E-state index is 12.6. The van der Waals surface area contributed by atoms with Crippen LogP contribution in [0.15, 0.2) is 0 Å². The van der Waals surface area contributed by atoms with Gasteiger partial charge in [0.15, 0.2) is 0 Å². The van der Waals surface area contributed by atoms with Crippen LogP contribution in [-0.2, 0) is 4.79 Å². The Labute approximate surface area is 113 Å². The van der Waals surface area contributed by atoms with Crippen molar-refractivity contribution in [1.82, 2.24) is 0 Å². The number of carbonyl (C=O) groups is 1. The van der Waals surface area contributed by atoms with Gasteiger partial charge in [-0.2, -0.15) is 0 Å². The predicted molar refractivity (Wildman–Crippen MR) is 76.7 cm³/mol. The summed E-state index contributed by atoms with van der Waals surface area (Å²) in [5, 5.41) is 0. The van der Waals surface area contributed by atoms with Gasteiger partial charge in [0, 0.05) is 11.8 Å². The lowest BCUT2D eigenvalue weighted by Gasteiger charge is -2.36. The molecule has 2 fully saturated rings. The lowest BCUT2D eigenvalue weighted by molar-refractivity contribution is -0.131. The monoisotopic (exact) mass is 250 g/mol. The molecule has 18 heavy (non-hydrogen) atoms. The molecule has 0 radical (unpaired) electrons. The van der Waals surface area contributed by atoms with Crippen LogP contribution >= 0.6 is 0 Å². The second-order valence-electron chi connectivity index (χ2n) is 6.59. The summed E-state index contributed by atoms with van der Waals surface area (Å²) in [6.45, 7) is 0. The molecule has 0 unspecified atom stereocenters.